The summed E-state index contributed by atoms with van der Waals surface area (Å²) in [6, 6.07) is 16.9. The minimum Gasteiger partial charge on any atom is -0.352 e. The number of nitrogens with one attached hydrogen (secondary N) is 1. The molecule has 7 nitrogen and oxygen atoms in total. The van der Waals surface area contributed by atoms with Crippen molar-refractivity contribution in [2.24, 2.45) is 0 Å². The van der Waals surface area contributed by atoms with Gasteiger partial charge in [-0.05, 0) is 63.6 Å². The van der Waals surface area contributed by atoms with Crippen LogP contribution in [0.5, 0.6) is 0 Å². The number of benzene rings is 3. The van der Waals surface area contributed by atoms with E-state index in [0.29, 0.717) is 15.9 Å². The van der Waals surface area contributed by atoms with Crippen LogP contribution in [0.3, 0.4) is 0 Å². The molecule has 1 unspecified atom stereocenters. The van der Waals surface area contributed by atoms with Crippen molar-refractivity contribution in [3.05, 3.63) is 95.6 Å². The van der Waals surface area contributed by atoms with Gasteiger partial charge in [0.25, 0.3) is 10.0 Å². The van der Waals surface area contributed by atoms with Crippen LogP contribution in [0, 0.1) is 6.92 Å². The first kappa shape index (κ1) is 30.7. The second-order valence-corrected chi connectivity index (χ2v) is 11.6. The molecule has 3 aromatic carbocycles. The second-order valence-electron chi connectivity index (χ2n) is 9.72. The molecule has 3 rings (SSSR count). The quantitative estimate of drug-likeness (QED) is 0.362. The van der Waals surface area contributed by atoms with Crippen molar-refractivity contribution < 1.29 is 31.2 Å². The highest BCUT2D eigenvalue weighted by molar-refractivity contribution is 7.92. The summed E-state index contributed by atoms with van der Waals surface area (Å²) in [4.78, 5) is 27.7. The molecule has 0 saturated carbocycles. The zero-order valence-electron chi connectivity index (χ0n) is 22.6. The number of hydrogen-bond acceptors (Lipinski definition) is 4. The highest BCUT2D eigenvalue weighted by Gasteiger charge is 2.35. The fraction of sp³-hybridized carbons (Fsp3) is 0.310. The zero-order valence-corrected chi connectivity index (χ0v) is 23.5. The van der Waals surface area contributed by atoms with Crippen LogP contribution in [0.4, 0.5) is 18.9 Å². The van der Waals surface area contributed by atoms with E-state index in [2.05, 4.69) is 5.32 Å². The molecule has 0 aliphatic heterocycles. The number of hydrogen-bond donors (Lipinski definition) is 1. The molecular weight excluding hydrogens is 543 g/mol. The van der Waals surface area contributed by atoms with Gasteiger partial charge in [0.05, 0.1) is 16.1 Å². The molecule has 11 heteroatoms. The molecule has 3 aromatic rings. The van der Waals surface area contributed by atoms with E-state index in [-0.39, 0.29) is 23.2 Å². The molecule has 0 bridgehead atoms. The number of amides is 2. The van der Waals surface area contributed by atoms with Crippen LogP contribution in [-0.2, 0) is 32.3 Å². The van der Waals surface area contributed by atoms with E-state index in [1.807, 2.05) is 19.1 Å². The maximum Gasteiger partial charge on any atom is 0.416 e. The van der Waals surface area contributed by atoms with Crippen LogP contribution < -0.4 is 9.62 Å². The highest BCUT2D eigenvalue weighted by atomic mass is 32.2. The molecule has 0 saturated heterocycles. The summed E-state index contributed by atoms with van der Waals surface area (Å²) >= 11 is 0. The van der Waals surface area contributed by atoms with Gasteiger partial charge in [0.1, 0.15) is 12.6 Å². The first-order chi connectivity index (χ1) is 18.7. The van der Waals surface area contributed by atoms with Gasteiger partial charge in [0.2, 0.25) is 11.8 Å². The van der Waals surface area contributed by atoms with Crippen molar-refractivity contribution >= 4 is 27.5 Å². The predicted octanol–water partition coefficient (Wildman–Crippen LogP) is 5.15. The Hall–Kier alpha value is -3.86. The third-order valence-electron chi connectivity index (χ3n) is 6.14. The summed E-state index contributed by atoms with van der Waals surface area (Å²) < 4.78 is 68.6. The Morgan fingerprint density at radius 2 is 1.52 bits per heavy atom. The first-order valence-electron chi connectivity index (χ1n) is 12.6. The van der Waals surface area contributed by atoms with Crippen LogP contribution in [0.1, 0.15) is 37.5 Å². The van der Waals surface area contributed by atoms with Crippen molar-refractivity contribution in [3.8, 4) is 0 Å². The molecule has 0 aromatic heterocycles. The third-order valence-corrected chi connectivity index (χ3v) is 7.93. The average Bonchev–Trinajstić information content (AvgIpc) is 2.90. The van der Waals surface area contributed by atoms with Gasteiger partial charge in [-0.15, -0.1) is 0 Å². The summed E-state index contributed by atoms with van der Waals surface area (Å²) in [5.74, 6) is -1.21. The number of anilines is 1. The smallest absolute Gasteiger partial charge is 0.352 e. The monoisotopic (exact) mass is 575 g/mol. The SMILES string of the molecule is Cc1ccc(CN(C(=O)CN(c2cccc(C(F)(F)F)c2)S(=O)(=O)c2ccccc2)C(C)C(=O)NC(C)C)cc1. The fourth-order valence-electron chi connectivity index (χ4n) is 3.96. The highest BCUT2D eigenvalue weighted by Crippen LogP contribution is 2.33. The second kappa shape index (κ2) is 12.5. The summed E-state index contributed by atoms with van der Waals surface area (Å²) in [7, 11) is -4.47. The van der Waals surface area contributed by atoms with Crippen LogP contribution >= 0.6 is 0 Å². The summed E-state index contributed by atoms with van der Waals surface area (Å²) in [6.07, 6.45) is -4.73. The maximum absolute atomic E-state index is 13.8. The van der Waals surface area contributed by atoms with E-state index in [1.54, 1.807) is 32.0 Å². The summed E-state index contributed by atoms with van der Waals surface area (Å²) in [5, 5.41) is 2.75. The standard InChI is InChI=1S/C29H32F3N3O4S/c1-20(2)33-28(37)22(4)34(18-23-15-13-21(3)14-16-23)27(36)19-35(40(38,39)26-11-6-5-7-12-26)25-10-8-9-24(17-25)29(30,31)32/h5-17,20,22H,18-19H2,1-4H3,(H,33,37). The zero-order chi connectivity index (χ0) is 29.7. The summed E-state index contributed by atoms with van der Waals surface area (Å²) in [5.41, 5.74) is 0.282. The van der Waals surface area contributed by atoms with Crippen molar-refractivity contribution in [1.82, 2.24) is 10.2 Å². The lowest BCUT2D eigenvalue weighted by Gasteiger charge is -2.32. The molecule has 0 radical (unpaired) electrons. The van der Waals surface area contributed by atoms with Crippen LogP contribution in [0.2, 0.25) is 0 Å². The Bertz CT molecular complexity index is 1430. The van der Waals surface area contributed by atoms with E-state index in [4.69, 9.17) is 0 Å². The number of sulfonamides is 1. The van der Waals surface area contributed by atoms with E-state index >= 15 is 0 Å². The molecule has 214 valence electrons. The summed E-state index contributed by atoms with van der Waals surface area (Å²) in [6.45, 7) is 6.09. The lowest BCUT2D eigenvalue weighted by molar-refractivity contribution is -0.139. The van der Waals surface area contributed by atoms with Crippen molar-refractivity contribution in [2.75, 3.05) is 10.8 Å². The lowest BCUT2D eigenvalue weighted by Crippen LogP contribution is -2.52. The molecule has 0 fully saturated rings. The van der Waals surface area contributed by atoms with Gasteiger partial charge in [-0.25, -0.2) is 8.42 Å². The van der Waals surface area contributed by atoms with Crippen LogP contribution in [-0.4, -0.2) is 43.8 Å². The fourth-order valence-corrected chi connectivity index (χ4v) is 5.39. The van der Waals surface area contributed by atoms with Gasteiger partial charge in [-0.3, -0.25) is 13.9 Å². The van der Waals surface area contributed by atoms with Crippen molar-refractivity contribution in [3.63, 3.8) is 0 Å². The average molecular weight is 576 g/mol. The Morgan fingerprint density at radius 1 is 0.900 bits per heavy atom. The van der Waals surface area contributed by atoms with Gasteiger partial charge >= 0.3 is 6.18 Å². The maximum atomic E-state index is 13.8. The van der Waals surface area contributed by atoms with E-state index in [1.165, 1.54) is 42.2 Å². The van der Waals surface area contributed by atoms with E-state index in [9.17, 15) is 31.2 Å². The normalized spacial score (nSPS) is 12.6. The number of alkyl halides is 3. The van der Waals surface area contributed by atoms with Gasteiger partial charge < -0.3 is 10.2 Å². The van der Waals surface area contributed by atoms with Gasteiger partial charge in [0, 0.05) is 12.6 Å². The van der Waals surface area contributed by atoms with Gasteiger partial charge in [0.15, 0.2) is 0 Å². The molecule has 1 N–H and O–H groups in total. The van der Waals surface area contributed by atoms with Crippen molar-refractivity contribution in [2.45, 2.75) is 57.4 Å². The third kappa shape index (κ3) is 7.62. The number of nitrogens with zero attached hydrogens (tertiary/aromatic N) is 2. The number of carbonyl (C=O) groups is 2. The Balaban J connectivity index is 2.07. The Labute approximate surface area is 232 Å². The molecule has 0 aliphatic rings. The molecule has 2 amide bonds. The molecule has 0 spiro atoms. The minimum absolute atomic E-state index is 0.0202. The van der Waals surface area contributed by atoms with Gasteiger partial charge in [-0.1, -0.05) is 54.1 Å². The topological polar surface area (TPSA) is 86.8 Å². The number of rotatable bonds is 10. The Morgan fingerprint density at radius 3 is 2.10 bits per heavy atom. The number of halogens is 3. The van der Waals surface area contributed by atoms with Crippen molar-refractivity contribution in [1.29, 1.82) is 0 Å². The number of carbonyl (C=O) groups excluding carboxylic acids is 2. The van der Waals surface area contributed by atoms with Crippen LogP contribution in [0.25, 0.3) is 0 Å². The molecular formula is C29H32F3N3O4S. The molecule has 0 aliphatic carbocycles. The van der Waals surface area contributed by atoms with Crippen LogP contribution in [0.15, 0.2) is 83.8 Å². The number of aryl methyl sites for hydroxylation is 1. The largest absolute Gasteiger partial charge is 0.416 e. The molecule has 0 heterocycles. The Kier molecular flexibility index (Phi) is 9.62. The molecule has 40 heavy (non-hydrogen) atoms. The van der Waals surface area contributed by atoms with Gasteiger partial charge in [-0.2, -0.15) is 13.2 Å². The first-order valence-corrected chi connectivity index (χ1v) is 14.0. The van der Waals surface area contributed by atoms with E-state index < -0.39 is 46.2 Å². The predicted molar refractivity (Wildman–Crippen MR) is 147 cm³/mol. The molecule has 1 atom stereocenters. The minimum atomic E-state index is -4.73. The lowest BCUT2D eigenvalue weighted by atomic mass is 10.1. The van der Waals surface area contributed by atoms with E-state index in [0.717, 1.165) is 17.7 Å².